The molecule has 1 aromatic rings. The topological polar surface area (TPSA) is 80.5 Å². The number of carbonyl (C=O) groups is 1. The van der Waals surface area contributed by atoms with Crippen LogP contribution >= 0.6 is 0 Å². The van der Waals surface area contributed by atoms with E-state index >= 15 is 0 Å². The molecule has 0 aromatic heterocycles. The van der Waals surface area contributed by atoms with E-state index in [1.807, 2.05) is 26.8 Å². The molecule has 0 spiro atoms. The van der Waals surface area contributed by atoms with Crippen LogP contribution in [0.5, 0.6) is 0 Å². The molecule has 0 heterocycles. The first-order valence-corrected chi connectivity index (χ1v) is 8.54. The number of aliphatic imine (C=N–C) groups is 1. The molecule has 0 aliphatic heterocycles. The molecule has 1 amide bonds. The molecule has 25 heavy (non-hydrogen) atoms. The van der Waals surface area contributed by atoms with Crippen LogP contribution in [0.2, 0.25) is 0 Å². The Kier molecular flexibility index (Phi) is 9.01. The lowest BCUT2D eigenvalue weighted by molar-refractivity contribution is -0.130. The van der Waals surface area contributed by atoms with Crippen molar-refractivity contribution in [1.82, 2.24) is 15.5 Å². The van der Waals surface area contributed by atoms with Gasteiger partial charge in [-0.2, -0.15) is 5.26 Å². The predicted octanol–water partition coefficient (Wildman–Crippen LogP) is 2.01. The fourth-order valence-corrected chi connectivity index (χ4v) is 2.27. The van der Waals surface area contributed by atoms with E-state index in [0.717, 1.165) is 0 Å². The van der Waals surface area contributed by atoms with E-state index in [1.54, 1.807) is 17.0 Å². The Morgan fingerprint density at radius 1 is 1.28 bits per heavy atom. The molecular weight excluding hydrogens is 321 g/mol. The molecule has 0 aliphatic rings. The second kappa shape index (κ2) is 11.0. The number of carbonyl (C=O) groups excluding carboxylic acids is 1. The normalized spacial score (nSPS) is 10.9. The van der Waals surface area contributed by atoms with E-state index in [2.05, 4.69) is 15.6 Å². The molecule has 2 N–H and O–H groups in total. The Morgan fingerprint density at radius 2 is 2.00 bits per heavy atom. The van der Waals surface area contributed by atoms with Gasteiger partial charge in [-0.1, -0.05) is 6.07 Å². The largest absolute Gasteiger partial charge is 0.357 e. The average molecular weight is 347 g/mol. The summed E-state index contributed by atoms with van der Waals surface area (Å²) in [5.41, 5.74) is 0.695. The van der Waals surface area contributed by atoms with Crippen LogP contribution in [0.4, 0.5) is 4.39 Å². The molecule has 1 rings (SSSR count). The Labute approximate surface area is 148 Å². The van der Waals surface area contributed by atoms with Crippen molar-refractivity contribution >= 4 is 11.9 Å². The van der Waals surface area contributed by atoms with Gasteiger partial charge in [-0.15, -0.1) is 0 Å². The average Bonchev–Trinajstić information content (AvgIpc) is 2.61. The van der Waals surface area contributed by atoms with Crippen molar-refractivity contribution in [2.24, 2.45) is 4.99 Å². The zero-order valence-corrected chi connectivity index (χ0v) is 15.1. The maximum Gasteiger partial charge on any atom is 0.224 e. The molecular formula is C18H26FN5O. The summed E-state index contributed by atoms with van der Waals surface area (Å²) in [4.78, 5) is 18.1. The predicted molar refractivity (Wildman–Crippen MR) is 96.5 cm³/mol. The number of nitriles is 1. The first-order chi connectivity index (χ1) is 12.0. The highest BCUT2D eigenvalue weighted by Gasteiger charge is 2.09. The number of rotatable bonds is 8. The number of amides is 1. The molecule has 0 aliphatic carbocycles. The highest BCUT2D eigenvalue weighted by Crippen LogP contribution is 2.11. The molecule has 1 aromatic carbocycles. The van der Waals surface area contributed by atoms with E-state index in [0.29, 0.717) is 44.1 Å². The van der Waals surface area contributed by atoms with Crippen LogP contribution in [0.3, 0.4) is 0 Å². The molecule has 6 nitrogen and oxygen atoms in total. The van der Waals surface area contributed by atoms with Gasteiger partial charge in [-0.05, 0) is 32.9 Å². The quantitative estimate of drug-likeness (QED) is 0.557. The molecule has 0 unspecified atom stereocenters. The number of nitrogens with one attached hydrogen (secondary N) is 2. The fraction of sp³-hybridized carbons (Fsp3) is 0.500. The second-order valence-electron chi connectivity index (χ2n) is 5.36. The summed E-state index contributed by atoms with van der Waals surface area (Å²) in [5.74, 6) is 0.167. The van der Waals surface area contributed by atoms with Gasteiger partial charge in [0.05, 0.1) is 18.2 Å². The van der Waals surface area contributed by atoms with E-state index in [4.69, 9.17) is 5.26 Å². The third kappa shape index (κ3) is 6.79. The number of hydrogen-bond donors (Lipinski definition) is 2. The van der Waals surface area contributed by atoms with Gasteiger partial charge in [0.1, 0.15) is 5.82 Å². The molecule has 136 valence electrons. The second-order valence-corrected chi connectivity index (χ2v) is 5.36. The van der Waals surface area contributed by atoms with Crippen LogP contribution in [0.1, 0.15) is 38.3 Å². The Bertz CT molecular complexity index is 635. The zero-order chi connectivity index (χ0) is 18.7. The molecule has 0 atom stereocenters. The molecule has 0 bridgehead atoms. The van der Waals surface area contributed by atoms with Crippen molar-refractivity contribution in [1.29, 1.82) is 5.26 Å². The first-order valence-electron chi connectivity index (χ1n) is 8.54. The lowest BCUT2D eigenvalue weighted by Crippen LogP contribution is -2.40. The monoisotopic (exact) mass is 347 g/mol. The maximum atomic E-state index is 13.9. The minimum absolute atomic E-state index is 0.0893. The lowest BCUT2D eigenvalue weighted by atomic mass is 10.1. The number of halogens is 1. The number of guanidine groups is 1. The number of benzene rings is 1. The van der Waals surface area contributed by atoms with Crippen molar-refractivity contribution < 1.29 is 9.18 Å². The molecule has 7 heteroatoms. The van der Waals surface area contributed by atoms with Gasteiger partial charge in [0.2, 0.25) is 5.91 Å². The van der Waals surface area contributed by atoms with E-state index in [-0.39, 0.29) is 18.0 Å². The number of nitrogens with zero attached hydrogens (tertiary/aromatic N) is 3. The van der Waals surface area contributed by atoms with Gasteiger partial charge in [-0.25, -0.2) is 9.38 Å². The summed E-state index contributed by atoms with van der Waals surface area (Å²) in [6.45, 7) is 8.49. The standard InChI is InChI=1S/C18H26FN5O/c1-4-21-18(22-10-9-17(25)24(5-2)6-3)23-13-15-8-7-14(12-20)11-16(15)19/h7-8,11H,4-6,9-10,13H2,1-3H3,(H2,21,22,23). The molecule has 0 fully saturated rings. The van der Waals surface area contributed by atoms with Crippen LogP contribution in [-0.4, -0.2) is 42.9 Å². The summed E-state index contributed by atoms with van der Waals surface area (Å²) in [7, 11) is 0. The lowest BCUT2D eigenvalue weighted by Gasteiger charge is -2.19. The summed E-state index contributed by atoms with van der Waals surface area (Å²) >= 11 is 0. The Morgan fingerprint density at radius 3 is 2.56 bits per heavy atom. The van der Waals surface area contributed by atoms with Crippen LogP contribution in [-0.2, 0) is 11.3 Å². The fourth-order valence-electron chi connectivity index (χ4n) is 2.27. The van der Waals surface area contributed by atoms with Crippen LogP contribution in [0.25, 0.3) is 0 Å². The molecule has 0 saturated carbocycles. The SMILES string of the molecule is CCNC(=NCc1ccc(C#N)cc1F)NCCC(=O)N(CC)CC. The smallest absolute Gasteiger partial charge is 0.224 e. The summed E-state index contributed by atoms with van der Waals surface area (Å²) in [6.07, 6.45) is 0.372. The maximum absolute atomic E-state index is 13.9. The van der Waals surface area contributed by atoms with Crippen molar-refractivity contribution in [2.75, 3.05) is 26.2 Å². The summed E-state index contributed by atoms with van der Waals surface area (Å²) < 4.78 is 13.9. The van der Waals surface area contributed by atoms with Gasteiger partial charge in [-0.3, -0.25) is 4.79 Å². The van der Waals surface area contributed by atoms with E-state index in [1.165, 1.54) is 6.07 Å². The summed E-state index contributed by atoms with van der Waals surface area (Å²) in [6, 6.07) is 6.23. The van der Waals surface area contributed by atoms with E-state index < -0.39 is 5.82 Å². The van der Waals surface area contributed by atoms with Crippen LogP contribution < -0.4 is 10.6 Å². The highest BCUT2D eigenvalue weighted by molar-refractivity contribution is 5.81. The molecule has 0 radical (unpaired) electrons. The van der Waals surface area contributed by atoms with E-state index in [9.17, 15) is 9.18 Å². The Balaban J connectivity index is 2.62. The van der Waals surface area contributed by atoms with Gasteiger partial charge in [0.15, 0.2) is 5.96 Å². The van der Waals surface area contributed by atoms with Crippen molar-refractivity contribution in [3.8, 4) is 6.07 Å². The minimum Gasteiger partial charge on any atom is -0.357 e. The summed E-state index contributed by atoms with van der Waals surface area (Å²) in [5, 5.41) is 14.9. The molecule has 0 saturated heterocycles. The zero-order valence-electron chi connectivity index (χ0n) is 15.1. The van der Waals surface area contributed by atoms with Crippen molar-refractivity contribution in [2.45, 2.75) is 33.7 Å². The Hall–Kier alpha value is -2.62. The van der Waals surface area contributed by atoms with Gasteiger partial charge in [0, 0.05) is 38.2 Å². The first kappa shape index (κ1) is 20.4. The minimum atomic E-state index is -0.449. The number of hydrogen-bond acceptors (Lipinski definition) is 3. The van der Waals surface area contributed by atoms with Crippen LogP contribution in [0.15, 0.2) is 23.2 Å². The van der Waals surface area contributed by atoms with Crippen molar-refractivity contribution in [3.05, 3.63) is 35.1 Å². The van der Waals surface area contributed by atoms with Gasteiger partial charge >= 0.3 is 0 Å². The van der Waals surface area contributed by atoms with Crippen molar-refractivity contribution in [3.63, 3.8) is 0 Å². The van der Waals surface area contributed by atoms with Crippen LogP contribution in [0, 0.1) is 17.1 Å². The van der Waals surface area contributed by atoms with Gasteiger partial charge in [0.25, 0.3) is 0 Å². The third-order valence-corrected chi connectivity index (χ3v) is 3.68. The van der Waals surface area contributed by atoms with Gasteiger partial charge < -0.3 is 15.5 Å². The third-order valence-electron chi connectivity index (χ3n) is 3.68. The highest BCUT2D eigenvalue weighted by atomic mass is 19.1.